The molecule has 3 rings (SSSR count). The fourth-order valence-electron chi connectivity index (χ4n) is 2.55. The van der Waals surface area contributed by atoms with Gasteiger partial charge in [-0.2, -0.15) is 8.78 Å². The summed E-state index contributed by atoms with van der Waals surface area (Å²) in [4.78, 5) is 0. The summed E-state index contributed by atoms with van der Waals surface area (Å²) in [7, 11) is 2.82. The Kier molecular flexibility index (Phi) is 5.04. The fraction of sp³-hybridized carbons (Fsp3) is 0.222. The van der Waals surface area contributed by atoms with E-state index in [1.165, 1.54) is 20.3 Å². The van der Waals surface area contributed by atoms with Gasteiger partial charge in [-0.3, -0.25) is 0 Å². The van der Waals surface area contributed by atoms with E-state index in [1.54, 1.807) is 18.6 Å². The number of benzene rings is 2. The third-order valence-corrected chi connectivity index (χ3v) is 3.61. The quantitative estimate of drug-likeness (QED) is 0.579. The second-order valence-electron chi connectivity index (χ2n) is 5.12. The van der Waals surface area contributed by atoms with Crippen LogP contribution in [0.1, 0.15) is 0 Å². The van der Waals surface area contributed by atoms with Crippen LogP contribution in [0.25, 0.3) is 21.9 Å². The first-order valence-corrected chi connectivity index (χ1v) is 7.38. The van der Waals surface area contributed by atoms with E-state index >= 15 is 0 Å². The number of hydrogen-bond donors (Lipinski definition) is 0. The van der Waals surface area contributed by atoms with Gasteiger partial charge in [0.25, 0.3) is 0 Å². The molecule has 0 atom stereocenters. The summed E-state index contributed by atoms with van der Waals surface area (Å²) in [5.74, 6) is 0.212. The average Bonchev–Trinajstić information content (AvgIpc) is 3.07. The SMILES string of the molecule is COCOc1c(-c2ccc3cocc3c2)ccc(OC(F)F)c1OC. The van der Waals surface area contributed by atoms with Gasteiger partial charge >= 0.3 is 6.61 Å². The molecule has 0 bridgehead atoms. The summed E-state index contributed by atoms with van der Waals surface area (Å²) in [6, 6.07) is 8.72. The summed E-state index contributed by atoms with van der Waals surface area (Å²) in [6.07, 6.45) is 3.27. The average molecular weight is 350 g/mol. The summed E-state index contributed by atoms with van der Waals surface area (Å²) in [5, 5.41) is 1.86. The minimum absolute atomic E-state index is 0.0714. The van der Waals surface area contributed by atoms with Gasteiger partial charge in [0.1, 0.15) is 0 Å². The van der Waals surface area contributed by atoms with Gasteiger partial charge in [-0.1, -0.05) is 12.1 Å². The van der Waals surface area contributed by atoms with E-state index in [0.29, 0.717) is 5.56 Å². The molecule has 0 aliphatic heterocycles. The molecule has 7 heteroatoms. The first kappa shape index (κ1) is 17.0. The van der Waals surface area contributed by atoms with Gasteiger partial charge in [-0.25, -0.2) is 0 Å². The molecule has 0 fully saturated rings. The van der Waals surface area contributed by atoms with Crippen LogP contribution in [0, 0.1) is 0 Å². The number of alkyl halides is 2. The van der Waals surface area contributed by atoms with Gasteiger partial charge in [-0.15, -0.1) is 0 Å². The second kappa shape index (κ2) is 7.40. The van der Waals surface area contributed by atoms with Crippen molar-refractivity contribution in [1.82, 2.24) is 0 Å². The predicted octanol–water partition coefficient (Wildman–Crippen LogP) is 4.69. The van der Waals surface area contributed by atoms with E-state index < -0.39 is 6.61 Å². The zero-order valence-electron chi connectivity index (χ0n) is 13.6. The van der Waals surface area contributed by atoms with Crippen molar-refractivity contribution in [3.63, 3.8) is 0 Å². The van der Waals surface area contributed by atoms with Gasteiger partial charge in [0, 0.05) is 23.4 Å². The van der Waals surface area contributed by atoms with E-state index in [0.717, 1.165) is 16.3 Å². The molecule has 25 heavy (non-hydrogen) atoms. The summed E-state index contributed by atoms with van der Waals surface area (Å²) in [6.45, 7) is -3.05. The molecule has 0 radical (unpaired) electrons. The standard InChI is InChI=1S/C18H16F2O5/c1-21-10-24-16-14(5-6-15(17(16)22-2)25-18(19)20)11-3-4-12-8-23-9-13(12)7-11/h3-9,18H,10H2,1-2H3. The van der Waals surface area contributed by atoms with Crippen LogP contribution >= 0.6 is 0 Å². The van der Waals surface area contributed by atoms with E-state index in [-0.39, 0.29) is 24.0 Å². The first-order valence-electron chi connectivity index (χ1n) is 7.38. The monoisotopic (exact) mass is 350 g/mol. The van der Waals surface area contributed by atoms with Gasteiger partial charge in [0.15, 0.2) is 18.3 Å². The molecule has 0 aliphatic carbocycles. The van der Waals surface area contributed by atoms with Gasteiger partial charge in [0.05, 0.1) is 19.6 Å². The van der Waals surface area contributed by atoms with Crippen LogP contribution < -0.4 is 14.2 Å². The Hall–Kier alpha value is -2.80. The Bertz CT molecular complexity index is 860. The Balaban J connectivity index is 2.13. The maximum Gasteiger partial charge on any atom is 0.387 e. The highest BCUT2D eigenvalue weighted by atomic mass is 19.3. The largest absolute Gasteiger partial charge is 0.490 e. The lowest BCUT2D eigenvalue weighted by atomic mass is 10.0. The third kappa shape index (κ3) is 3.51. The lowest BCUT2D eigenvalue weighted by Gasteiger charge is -2.18. The topological polar surface area (TPSA) is 50.1 Å². The predicted molar refractivity (Wildman–Crippen MR) is 87.3 cm³/mol. The molecule has 5 nitrogen and oxygen atoms in total. The van der Waals surface area contributed by atoms with Gasteiger partial charge < -0.3 is 23.4 Å². The number of ether oxygens (including phenoxy) is 4. The highest BCUT2D eigenvalue weighted by molar-refractivity contribution is 5.88. The summed E-state index contributed by atoms with van der Waals surface area (Å²) < 4.78 is 50.7. The van der Waals surface area contributed by atoms with Crippen molar-refractivity contribution >= 4 is 10.8 Å². The van der Waals surface area contributed by atoms with Crippen LogP contribution in [0.3, 0.4) is 0 Å². The van der Waals surface area contributed by atoms with Crippen molar-refractivity contribution in [2.24, 2.45) is 0 Å². The Labute approximate surface area is 142 Å². The van der Waals surface area contributed by atoms with Crippen LogP contribution in [0.2, 0.25) is 0 Å². The van der Waals surface area contributed by atoms with Crippen molar-refractivity contribution in [2.45, 2.75) is 6.61 Å². The van der Waals surface area contributed by atoms with Crippen LogP contribution in [-0.4, -0.2) is 27.6 Å². The number of furan rings is 1. The minimum Gasteiger partial charge on any atom is -0.490 e. The lowest BCUT2D eigenvalue weighted by Crippen LogP contribution is -2.07. The number of hydrogen-bond acceptors (Lipinski definition) is 5. The summed E-state index contributed by atoms with van der Waals surface area (Å²) >= 11 is 0. The third-order valence-electron chi connectivity index (χ3n) is 3.61. The Morgan fingerprint density at radius 3 is 2.52 bits per heavy atom. The molecule has 0 unspecified atom stereocenters. The highest BCUT2D eigenvalue weighted by Crippen LogP contribution is 2.45. The van der Waals surface area contributed by atoms with Crippen molar-refractivity contribution in [3.05, 3.63) is 42.9 Å². The molecule has 0 spiro atoms. The Morgan fingerprint density at radius 1 is 1.00 bits per heavy atom. The molecule has 0 N–H and O–H groups in total. The maximum atomic E-state index is 12.6. The number of fused-ring (bicyclic) bond motifs is 1. The molecule has 3 aromatic rings. The molecule has 0 amide bonds. The van der Waals surface area contributed by atoms with Crippen LogP contribution in [0.4, 0.5) is 8.78 Å². The van der Waals surface area contributed by atoms with Gasteiger partial charge in [-0.05, 0) is 23.8 Å². The maximum absolute atomic E-state index is 12.6. The molecule has 2 aromatic carbocycles. The van der Waals surface area contributed by atoms with E-state index in [4.69, 9.17) is 18.6 Å². The second-order valence-corrected chi connectivity index (χ2v) is 5.12. The molecular weight excluding hydrogens is 334 g/mol. The lowest BCUT2D eigenvalue weighted by molar-refractivity contribution is -0.0515. The fourth-order valence-corrected chi connectivity index (χ4v) is 2.55. The molecule has 1 heterocycles. The van der Waals surface area contributed by atoms with E-state index in [2.05, 4.69) is 4.74 Å². The first-order chi connectivity index (χ1) is 12.1. The van der Waals surface area contributed by atoms with Crippen LogP contribution in [0.5, 0.6) is 17.2 Å². The molecule has 132 valence electrons. The van der Waals surface area contributed by atoms with E-state index in [1.807, 2.05) is 18.2 Å². The van der Waals surface area contributed by atoms with Crippen LogP contribution in [0.15, 0.2) is 47.3 Å². The highest BCUT2D eigenvalue weighted by Gasteiger charge is 2.20. The van der Waals surface area contributed by atoms with Crippen molar-refractivity contribution in [3.8, 4) is 28.4 Å². The number of methoxy groups -OCH3 is 2. The molecule has 0 aliphatic rings. The molecule has 0 saturated carbocycles. The zero-order valence-corrected chi connectivity index (χ0v) is 13.6. The molecule has 0 saturated heterocycles. The van der Waals surface area contributed by atoms with Gasteiger partial charge in [0.2, 0.25) is 5.75 Å². The molecular formula is C18H16F2O5. The number of halogens is 2. The normalized spacial score (nSPS) is 11.1. The van der Waals surface area contributed by atoms with E-state index in [9.17, 15) is 8.78 Å². The molecule has 1 aromatic heterocycles. The van der Waals surface area contributed by atoms with Crippen molar-refractivity contribution in [2.75, 3.05) is 21.0 Å². The summed E-state index contributed by atoms with van der Waals surface area (Å²) in [5.41, 5.74) is 1.46. The smallest absolute Gasteiger partial charge is 0.387 e. The number of rotatable bonds is 7. The van der Waals surface area contributed by atoms with Crippen molar-refractivity contribution in [1.29, 1.82) is 0 Å². The van der Waals surface area contributed by atoms with Crippen LogP contribution in [-0.2, 0) is 4.74 Å². The zero-order chi connectivity index (χ0) is 17.8. The Morgan fingerprint density at radius 2 is 1.80 bits per heavy atom. The van der Waals surface area contributed by atoms with Crippen molar-refractivity contribution < 1.29 is 32.1 Å². The minimum atomic E-state index is -2.97.